The van der Waals surface area contributed by atoms with Gasteiger partial charge in [0, 0.05) is 23.6 Å². The number of rotatable bonds is 1. The lowest BCUT2D eigenvalue weighted by molar-refractivity contribution is 0.0900. The number of carbonyl (C=O) groups excluding carboxylic acids is 2. The van der Waals surface area contributed by atoms with Gasteiger partial charge in [-0.2, -0.15) is 0 Å². The molecule has 0 radical (unpaired) electrons. The highest BCUT2D eigenvalue weighted by atomic mass is 32.2. The molecule has 8 nitrogen and oxygen atoms in total. The number of carbonyl (C=O) groups is 2. The van der Waals surface area contributed by atoms with Crippen LogP contribution in [0.25, 0.3) is 11.4 Å². The molecule has 1 aromatic heterocycles. The molecule has 0 aliphatic carbocycles. The summed E-state index contributed by atoms with van der Waals surface area (Å²) in [5.41, 5.74) is 1.43. The molecule has 0 saturated carbocycles. The Kier molecular flexibility index (Phi) is 3.38. The third kappa shape index (κ3) is 2.28. The van der Waals surface area contributed by atoms with Gasteiger partial charge in [0.15, 0.2) is 5.78 Å². The van der Waals surface area contributed by atoms with Gasteiger partial charge < -0.3 is 0 Å². The Morgan fingerprint density at radius 2 is 1.81 bits per heavy atom. The number of tetrazole rings is 1. The van der Waals surface area contributed by atoms with E-state index in [-0.39, 0.29) is 32.5 Å². The lowest BCUT2D eigenvalue weighted by atomic mass is 9.99. The fraction of sp³-hybridized carbons (Fsp3) is 0.118. The van der Waals surface area contributed by atoms with Gasteiger partial charge in [0.25, 0.3) is 5.91 Å². The molecule has 0 N–H and O–H groups in total. The van der Waals surface area contributed by atoms with Gasteiger partial charge in [0.2, 0.25) is 15.7 Å². The van der Waals surface area contributed by atoms with Crippen LogP contribution in [-0.2, 0) is 9.84 Å². The van der Waals surface area contributed by atoms with Gasteiger partial charge >= 0.3 is 0 Å². The average Bonchev–Trinajstić information content (AvgIpc) is 3.10. The van der Waals surface area contributed by atoms with Crippen molar-refractivity contribution < 1.29 is 18.0 Å². The molecule has 2 heterocycles. The van der Waals surface area contributed by atoms with Crippen molar-refractivity contribution in [2.75, 3.05) is 0 Å². The van der Waals surface area contributed by atoms with Crippen molar-refractivity contribution in [3.63, 3.8) is 0 Å². The highest BCUT2D eigenvalue weighted by Gasteiger charge is 2.35. The van der Waals surface area contributed by atoms with E-state index < -0.39 is 15.7 Å². The predicted octanol–water partition coefficient (Wildman–Crippen LogP) is 1.69. The van der Waals surface area contributed by atoms with Crippen LogP contribution in [-0.4, -0.2) is 40.3 Å². The van der Waals surface area contributed by atoms with E-state index in [1.54, 1.807) is 19.1 Å². The number of hydrogen-bond acceptors (Lipinski definition) is 7. The number of aromatic nitrogens is 4. The minimum atomic E-state index is -3.86. The van der Waals surface area contributed by atoms with Crippen LogP contribution in [0.2, 0.25) is 0 Å². The van der Waals surface area contributed by atoms with E-state index in [4.69, 9.17) is 0 Å². The van der Waals surface area contributed by atoms with Crippen molar-refractivity contribution in [2.45, 2.75) is 23.6 Å². The maximum atomic E-state index is 13.0. The molecule has 1 aliphatic rings. The third-order valence-electron chi connectivity index (χ3n) is 4.14. The average molecular weight is 368 g/mol. The Hall–Kier alpha value is -3.20. The van der Waals surface area contributed by atoms with Crippen LogP contribution in [0.4, 0.5) is 0 Å². The van der Waals surface area contributed by atoms with Gasteiger partial charge in [-0.05, 0) is 36.4 Å². The van der Waals surface area contributed by atoms with Crippen LogP contribution in [0.5, 0.6) is 0 Å². The summed E-state index contributed by atoms with van der Waals surface area (Å²) in [6, 6.07) is 8.98. The first-order chi connectivity index (χ1) is 12.3. The monoisotopic (exact) mass is 368 g/mol. The van der Waals surface area contributed by atoms with Crippen LogP contribution in [0, 0.1) is 6.92 Å². The van der Waals surface area contributed by atoms with Crippen molar-refractivity contribution in [3.05, 3.63) is 53.1 Å². The SMILES string of the molecule is CC(=O)n1nnc(-c2ccc3c(c2)S(=O)(=O)c2ccc(C)cc2C3=O)n1. The Morgan fingerprint density at radius 1 is 1.04 bits per heavy atom. The van der Waals surface area contributed by atoms with Gasteiger partial charge in [-0.1, -0.05) is 22.5 Å². The van der Waals surface area contributed by atoms with Crippen LogP contribution in [0.3, 0.4) is 0 Å². The van der Waals surface area contributed by atoms with Crippen molar-refractivity contribution in [3.8, 4) is 11.4 Å². The zero-order chi connectivity index (χ0) is 18.6. The van der Waals surface area contributed by atoms with E-state index in [0.29, 0.717) is 5.56 Å². The fourth-order valence-electron chi connectivity index (χ4n) is 2.85. The van der Waals surface area contributed by atoms with Crippen LogP contribution in [0.15, 0.2) is 46.2 Å². The van der Waals surface area contributed by atoms with Crippen molar-refractivity contribution in [1.82, 2.24) is 20.2 Å². The molecule has 0 bridgehead atoms. The maximum Gasteiger partial charge on any atom is 0.263 e. The Balaban J connectivity index is 1.92. The molecule has 9 heteroatoms. The molecule has 0 amide bonds. The standard InChI is InChI=1S/C17H12N4O4S/c1-9-3-6-14-13(7-9)16(23)12-5-4-11(8-15(12)26(14,24)25)17-18-20-21(19-17)10(2)22/h3-8H,1-2H3. The van der Waals surface area contributed by atoms with Crippen LogP contribution >= 0.6 is 0 Å². The van der Waals surface area contributed by atoms with Gasteiger partial charge in [-0.3, -0.25) is 9.59 Å². The summed E-state index contributed by atoms with van der Waals surface area (Å²) in [4.78, 5) is 24.7. The Bertz CT molecular complexity index is 1210. The first-order valence-corrected chi connectivity index (χ1v) is 9.13. The smallest absolute Gasteiger partial charge is 0.263 e. The Labute approximate surface area is 148 Å². The summed E-state index contributed by atoms with van der Waals surface area (Å²) in [6.07, 6.45) is 0. The molecule has 0 unspecified atom stereocenters. The lowest BCUT2D eigenvalue weighted by Gasteiger charge is -2.19. The molecule has 0 atom stereocenters. The highest BCUT2D eigenvalue weighted by Crippen LogP contribution is 2.36. The summed E-state index contributed by atoms with van der Waals surface area (Å²) in [7, 11) is -3.86. The number of aryl methyl sites for hydroxylation is 1. The first kappa shape index (κ1) is 16.3. The zero-order valence-electron chi connectivity index (χ0n) is 13.8. The van der Waals surface area contributed by atoms with Crippen LogP contribution in [0.1, 0.15) is 33.2 Å². The highest BCUT2D eigenvalue weighted by molar-refractivity contribution is 7.91. The fourth-order valence-corrected chi connectivity index (χ4v) is 4.51. The third-order valence-corrected chi connectivity index (χ3v) is 5.99. The first-order valence-electron chi connectivity index (χ1n) is 7.65. The van der Waals surface area contributed by atoms with E-state index in [9.17, 15) is 18.0 Å². The zero-order valence-corrected chi connectivity index (χ0v) is 14.6. The van der Waals surface area contributed by atoms with Gasteiger partial charge in [0.05, 0.1) is 9.79 Å². The predicted molar refractivity (Wildman–Crippen MR) is 89.6 cm³/mol. The van der Waals surface area contributed by atoms with Gasteiger partial charge in [-0.25, -0.2) is 8.42 Å². The summed E-state index contributed by atoms with van der Waals surface area (Å²) in [5.74, 6) is -0.672. The van der Waals surface area contributed by atoms with Crippen LogP contribution < -0.4 is 0 Å². The minimum absolute atomic E-state index is 0.0156. The molecule has 0 saturated heterocycles. The van der Waals surface area contributed by atoms with E-state index >= 15 is 0 Å². The molecule has 3 aromatic rings. The summed E-state index contributed by atoms with van der Waals surface area (Å²) < 4.78 is 26.0. The second-order valence-electron chi connectivity index (χ2n) is 5.96. The summed E-state index contributed by atoms with van der Waals surface area (Å²) >= 11 is 0. The van der Waals surface area contributed by atoms with E-state index in [0.717, 1.165) is 10.4 Å². The lowest BCUT2D eigenvalue weighted by Crippen LogP contribution is -2.20. The molecule has 4 rings (SSSR count). The van der Waals surface area contributed by atoms with Crippen molar-refractivity contribution in [1.29, 1.82) is 0 Å². The Morgan fingerprint density at radius 3 is 2.50 bits per heavy atom. The number of ketones is 1. The van der Waals surface area contributed by atoms with E-state index in [2.05, 4.69) is 15.4 Å². The molecule has 0 spiro atoms. The molecule has 1 aliphatic heterocycles. The number of fused-ring (bicyclic) bond motifs is 2. The maximum absolute atomic E-state index is 13.0. The normalized spacial score (nSPS) is 14.6. The molecule has 130 valence electrons. The van der Waals surface area contributed by atoms with E-state index in [1.807, 2.05) is 0 Å². The number of nitrogens with zero attached hydrogens (tertiary/aromatic N) is 4. The molecule has 0 fully saturated rings. The largest absolute Gasteiger partial charge is 0.289 e. The van der Waals surface area contributed by atoms with E-state index in [1.165, 1.54) is 31.2 Å². The molecule has 2 aromatic carbocycles. The number of sulfone groups is 1. The topological polar surface area (TPSA) is 112 Å². The number of benzene rings is 2. The van der Waals surface area contributed by atoms with Gasteiger partial charge in [-0.15, -0.1) is 10.2 Å². The number of hydrogen-bond donors (Lipinski definition) is 0. The summed E-state index contributed by atoms with van der Waals surface area (Å²) in [5, 5.41) is 11.3. The molecule has 26 heavy (non-hydrogen) atoms. The molecular weight excluding hydrogens is 356 g/mol. The summed E-state index contributed by atoms with van der Waals surface area (Å²) in [6.45, 7) is 3.07. The second kappa shape index (κ2) is 5.40. The van der Waals surface area contributed by atoms with Crippen molar-refractivity contribution >= 4 is 21.5 Å². The molecular formula is C17H12N4O4S. The minimum Gasteiger partial charge on any atom is -0.289 e. The quantitative estimate of drug-likeness (QED) is 0.502. The van der Waals surface area contributed by atoms with Gasteiger partial charge in [0.1, 0.15) is 0 Å². The second-order valence-corrected chi connectivity index (χ2v) is 7.85. The van der Waals surface area contributed by atoms with Crippen molar-refractivity contribution in [2.24, 2.45) is 0 Å².